The van der Waals surface area contributed by atoms with Crippen LogP contribution in [0.1, 0.15) is 17.4 Å². The second kappa shape index (κ2) is 6.86. The van der Waals surface area contributed by atoms with Crippen molar-refractivity contribution in [3.8, 4) is 0 Å². The average Bonchev–Trinajstić information content (AvgIpc) is 2.98. The lowest BCUT2D eigenvalue weighted by Gasteiger charge is -2.06. The molecule has 2 N–H and O–H groups in total. The maximum absolute atomic E-state index is 11.7. The summed E-state index contributed by atoms with van der Waals surface area (Å²) in [6, 6.07) is 11.8. The molecule has 1 aromatic carbocycles. The third-order valence-corrected chi connectivity index (χ3v) is 3.71. The Balaban J connectivity index is 1.81. The predicted octanol–water partition coefficient (Wildman–Crippen LogP) is 3.01. The van der Waals surface area contributed by atoms with Gasteiger partial charge in [0.25, 0.3) is 5.91 Å². The smallest absolute Gasteiger partial charge is 0.259 e. The van der Waals surface area contributed by atoms with Gasteiger partial charge in [-0.1, -0.05) is 23.8 Å². The van der Waals surface area contributed by atoms with E-state index in [2.05, 4.69) is 15.8 Å². The number of thiophene rings is 1. The summed E-state index contributed by atoms with van der Waals surface area (Å²) in [6.07, 6.45) is 0. The highest BCUT2D eigenvalue weighted by atomic mass is 32.1. The lowest BCUT2D eigenvalue weighted by molar-refractivity contribution is -0.119. The molecule has 0 saturated carbocycles. The number of carbonyl (C=O) groups excluding carboxylic acids is 1. The van der Waals surface area contributed by atoms with Crippen molar-refractivity contribution in [3.63, 3.8) is 0 Å². The van der Waals surface area contributed by atoms with E-state index in [-0.39, 0.29) is 12.5 Å². The minimum Gasteiger partial charge on any atom is -0.376 e. The van der Waals surface area contributed by atoms with Crippen LogP contribution in [0.25, 0.3) is 0 Å². The Labute approximate surface area is 122 Å². The number of benzene rings is 1. The van der Waals surface area contributed by atoms with E-state index < -0.39 is 0 Å². The second-order valence-electron chi connectivity index (χ2n) is 4.43. The van der Waals surface area contributed by atoms with E-state index >= 15 is 0 Å². The van der Waals surface area contributed by atoms with Crippen molar-refractivity contribution in [3.05, 3.63) is 52.2 Å². The van der Waals surface area contributed by atoms with Crippen LogP contribution in [0.3, 0.4) is 0 Å². The van der Waals surface area contributed by atoms with E-state index in [1.54, 1.807) is 11.3 Å². The largest absolute Gasteiger partial charge is 0.376 e. The molecular formula is C15H17N3OS. The van der Waals surface area contributed by atoms with Gasteiger partial charge in [-0.3, -0.25) is 4.79 Å². The summed E-state index contributed by atoms with van der Waals surface area (Å²) in [5.74, 6) is -0.165. The van der Waals surface area contributed by atoms with E-state index in [0.29, 0.717) is 0 Å². The molecule has 104 valence electrons. The molecule has 1 amide bonds. The van der Waals surface area contributed by atoms with Crippen LogP contribution in [0.15, 0.2) is 46.9 Å². The first kappa shape index (κ1) is 14.3. The van der Waals surface area contributed by atoms with Crippen LogP contribution in [0, 0.1) is 6.92 Å². The molecule has 2 aromatic rings. The first-order valence-corrected chi connectivity index (χ1v) is 7.20. The van der Waals surface area contributed by atoms with Crippen molar-refractivity contribution in [2.24, 2.45) is 5.10 Å². The molecule has 0 atom stereocenters. The van der Waals surface area contributed by atoms with Gasteiger partial charge >= 0.3 is 0 Å². The van der Waals surface area contributed by atoms with Crippen LogP contribution in [0.4, 0.5) is 5.69 Å². The normalized spacial score (nSPS) is 11.2. The number of hydrogen-bond acceptors (Lipinski definition) is 4. The highest BCUT2D eigenvalue weighted by molar-refractivity contribution is 7.12. The highest BCUT2D eigenvalue weighted by Crippen LogP contribution is 2.09. The highest BCUT2D eigenvalue weighted by Gasteiger charge is 2.02. The van der Waals surface area contributed by atoms with Gasteiger partial charge in [0.05, 0.1) is 12.3 Å². The molecule has 1 aromatic heterocycles. The lowest BCUT2D eigenvalue weighted by atomic mass is 10.2. The summed E-state index contributed by atoms with van der Waals surface area (Å²) in [5.41, 5.74) is 5.47. The standard InChI is InChI=1S/C15H17N3OS/c1-11-5-7-13(8-6-11)16-10-15(19)18-17-12(2)14-4-3-9-20-14/h3-9,16H,10H2,1-2H3,(H,18,19)/b17-12-. The number of nitrogens with one attached hydrogen (secondary N) is 2. The van der Waals surface area contributed by atoms with Crippen molar-refractivity contribution in [1.29, 1.82) is 0 Å². The first-order chi connectivity index (χ1) is 9.65. The fourth-order valence-electron chi connectivity index (χ4n) is 1.58. The summed E-state index contributed by atoms with van der Waals surface area (Å²) >= 11 is 1.60. The van der Waals surface area contributed by atoms with Gasteiger partial charge < -0.3 is 5.32 Å². The molecule has 0 unspecified atom stereocenters. The molecule has 0 aliphatic heterocycles. The maximum atomic E-state index is 11.7. The van der Waals surface area contributed by atoms with Gasteiger partial charge in [0.15, 0.2) is 0 Å². The number of anilines is 1. The first-order valence-electron chi connectivity index (χ1n) is 6.32. The number of amides is 1. The Morgan fingerprint density at radius 2 is 2.00 bits per heavy atom. The number of rotatable bonds is 5. The number of carbonyl (C=O) groups is 1. The van der Waals surface area contributed by atoms with E-state index in [9.17, 15) is 4.79 Å². The third kappa shape index (κ3) is 4.20. The minimum absolute atomic E-state index is 0.165. The molecule has 0 bridgehead atoms. The Hall–Kier alpha value is -2.14. The molecule has 0 aliphatic carbocycles. The summed E-state index contributed by atoms with van der Waals surface area (Å²) in [4.78, 5) is 12.7. The number of hydrogen-bond donors (Lipinski definition) is 2. The predicted molar refractivity (Wildman–Crippen MR) is 84.3 cm³/mol. The Morgan fingerprint density at radius 3 is 2.65 bits per heavy atom. The zero-order valence-corrected chi connectivity index (χ0v) is 12.3. The van der Waals surface area contributed by atoms with Gasteiger partial charge in [0.2, 0.25) is 0 Å². The minimum atomic E-state index is -0.165. The molecule has 4 nitrogen and oxygen atoms in total. The molecule has 0 fully saturated rings. The van der Waals surface area contributed by atoms with Gasteiger partial charge in [-0.2, -0.15) is 5.10 Å². The van der Waals surface area contributed by atoms with Crippen LogP contribution >= 0.6 is 11.3 Å². The zero-order chi connectivity index (χ0) is 14.4. The fraction of sp³-hybridized carbons (Fsp3) is 0.200. The van der Waals surface area contributed by atoms with Crippen LogP contribution in [-0.4, -0.2) is 18.2 Å². The Bertz CT molecular complexity index is 588. The van der Waals surface area contributed by atoms with E-state index in [1.807, 2.05) is 55.6 Å². The lowest BCUT2D eigenvalue weighted by Crippen LogP contribution is -2.26. The second-order valence-corrected chi connectivity index (χ2v) is 5.38. The quantitative estimate of drug-likeness (QED) is 0.656. The number of aryl methyl sites for hydroxylation is 1. The summed E-state index contributed by atoms with van der Waals surface area (Å²) < 4.78 is 0. The number of hydrazone groups is 1. The van der Waals surface area contributed by atoms with E-state index in [1.165, 1.54) is 5.56 Å². The van der Waals surface area contributed by atoms with Crippen molar-refractivity contribution in [2.75, 3.05) is 11.9 Å². The molecule has 20 heavy (non-hydrogen) atoms. The van der Waals surface area contributed by atoms with Crippen LogP contribution in [0.2, 0.25) is 0 Å². The maximum Gasteiger partial charge on any atom is 0.259 e. The molecule has 2 rings (SSSR count). The SMILES string of the molecule is C/C(=N/NC(=O)CNc1ccc(C)cc1)c1cccs1. The number of nitrogens with zero attached hydrogens (tertiary/aromatic N) is 1. The summed E-state index contributed by atoms with van der Waals surface area (Å²) in [5, 5.41) is 9.11. The Morgan fingerprint density at radius 1 is 1.25 bits per heavy atom. The van der Waals surface area contributed by atoms with Gasteiger partial charge in [-0.15, -0.1) is 11.3 Å². The van der Waals surface area contributed by atoms with Crippen molar-refractivity contribution >= 4 is 28.6 Å². The third-order valence-electron chi connectivity index (χ3n) is 2.73. The van der Waals surface area contributed by atoms with Gasteiger partial charge in [-0.05, 0) is 37.4 Å². The molecule has 0 saturated heterocycles. The molecule has 0 radical (unpaired) electrons. The molecule has 5 heteroatoms. The molecule has 0 spiro atoms. The van der Waals surface area contributed by atoms with Crippen LogP contribution < -0.4 is 10.7 Å². The van der Waals surface area contributed by atoms with E-state index in [0.717, 1.165) is 16.3 Å². The fourth-order valence-corrected chi connectivity index (χ4v) is 2.26. The monoisotopic (exact) mass is 287 g/mol. The van der Waals surface area contributed by atoms with Gasteiger partial charge in [0.1, 0.15) is 0 Å². The van der Waals surface area contributed by atoms with Gasteiger partial charge in [-0.25, -0.2) is 5.43 Å². The van der Waals surface area contributed by atoms with E-state index in [4.69, 9.17) is 0 Å². The van der Waals surface area contributed by atoms with Crippen molar-refractivity contribution in [2.45, 2.75) is 13.8 Å². The average molecular weight is 287 g/mol. The summed E-state index contributed by atoms with van der Waals surface area (Å²) in [6.45, 7) is 4.10. The zero-order valence-electron chi connectivity index (χ0n) is 11.5. The van der Waals surface area contributed by atoms with Crippen molar-refractivity contribution in [1.82, 2.24) is 5.43 Å². The molecular weight excluding hydrogens is 270 g/mol. The van der Waals surface area contributed by atoms with Gasteiger partial charge in [0, 0.05) is 10.6 Å². The summed E-state index contributed by atoms with van der Waals surface area (Å²) in [7, 11) is 0. The van der Waals surface area contributed by atoms with Crippen LogP contribution in [0.5, 0.6) is 0 Å². The van der Waals surface area contributed by atoms with Crippen LogP contribution in [-0.2, 0) is 4.79 Å². The van der Waals surface area contributed by atoms with Crippen molar-refractivity contribution < 1.29 is 4.79 Å². The molecule has 0 aliphatic rings. The Kier molecular flexibility index (Phi) is 4.90. The topological polar surface area (TPSA) is 53.5 Å². The molecule has 1 heterocycles.